The van der Waals surface area contributed by atoms with Crippen molar-refractivity contribution in [2.24, 2.45) is 0 Å². The third-order valence-corrected chi connectivity index (χ3v) is 6.99. The van der Waals surface area contributed by atoms with Crippen LogP contribution in [0.1, 0.15) is 16.3 Å². The van der Waals surface area contributed by atoms with Gasteiger partial charge < -0.3 is 9.88 Å². The molecule has 0 spiro atoms. The molecule has 0 atom stereocenters. The van der Waals surface area contributed by atoms with Crippen LogP contribution in [0.2, 0.25) is 0 Å². The van der Waals surface area contributed by atoms with Gasteiger partial charge in [0.05, 0.1) is 11.9 Å². The highest BCUT2D eigenvalue weighted by Crippen LogP contribution is 2.35. The van der Waals surface area contributed by atoms with Crippen LogP contribution in [-0.4, -0.2) is 41.0 Å². The zero-order chi connectivity index (χ0) is 21.4. The summed E-state index contributed by atoms with van der Waals surface area (Å²) in [6.07, 6.45) is 0. The van der Waals surface area contributed by atoms with Crippen LogP contribution in [0.25, 0.3) is 21.3 Å². The quantitative estimate of drug-likeness (QED) is 0.514. The van der Waals surface area contributed by atoms with Crippen LogP contribution in [0.5, 0.6) is 0 Å². The van der Waals surface area contributed by atoms with E-state index in [1.165, 1.54) is 11.3 Å². The van der Waals surface area contributed by atoms with Gasteiger partial charge in [-0.05, 0) is 31.5 Å². The predicted octanol–water partition coefficient (Wildman–Crippen LogP) is 4.59. The number of nitrogens with zero attached hydrogens (tertiary/aromatic N) is 3. The number of aryl methyl sites for hydroxylation is 2. The number of hydrogen-bond acceptors (Lipinski definition) is 5. The van der Waals surface area contributed by atoms with Crippen molar-refractivity contribution in [3.8, 4) is 11.1 Å². The molecule has 31 heavy (non-hydrogen) atoms. The molecular formula is C25H26N4OS. The number of anilines is 1. The molecule has 1 fully saturated rings. The van der Waals surface area contributed by atoms with Crippen molar-refractivity contribution in [2.45, 2.75) is 20.4 Å². The van der Waals surface area contributed by atoms with Crippen LogP contribution in [0, 0.1) is 13.8 Å². The minimum absolute atomic E-state index is 0.0390. The summed E-state index contributed by atoms with van der Waals surface area (Å²) < 4.78 is 0. The van der Waals surface area contributed by atoms with E-state index in [2.05, 4.69) is 83.2 Å². The third kappa shape index (κ3) is 4.01. The fraction of sp³-hybridized carbons (Fsp3) is 0.280. The topological polar surface area (TPSA) is 52.2 Å². The molecule has 2 aromatic carbocycles. The zero-order valence-electron chi connectivity index (χ0n) is 17.9. The lowest BCUT2D eigenvalue weighted by Gasteiger charge is -2.35. The molecule has 1 N–H and O–H groups in total. The Balaban J connectivity index is 1.36. The van der Waals surface area contributed by atoms with Crippen molar-refractivity contribution < 1.29 is 0 Å². The Kier molecular flexibility index (Phi) is 5.34. The molecule has 1 saturated heterocycles. The zero-order valence-corrected chi connectivity index (χ0v) is 18.7. The summed E-state index contributed by atoms with van der Waals surface area (Å²) in [5.41, 5.74) is 4.53. The molecule has 0 radical (unpaired) electrons. The molecule has 0 unspecified atom stereocenters. The Labute approximate surface area is 186 Å². The van der Waals surface area contributed by atoms with Crippen molar-refractivity contribution in [3.63, 3.8) is 0 Å². The SMILES string of the molecule is Cc1ccc(-c2c(C)sc3nc(CN4CCN(c5ccccc5)CC4)[nH]c(=O)c23)cc1. The number of piperazine rings is 1. The second-order valence-corrected chi connectivity index (χ2v) is 9.39. The van der Waals surface area contributed by atoms with E-state index in [1.807, 2.05) is 0 Å². The first-order chi connectivity index (χ1) is 15.1. The summed E-state index contributed by atoms with van der Waals surface area (Å²) in [4.78, 5) is 27.7. The van der Waals surface area contributed by atoms with Crippen LogP contribution >= 0.6 is 11.3 Å². The van der Waals surface area contributed by atoms with Gasteiger partial charge in [0.15, 0.2) is 0 Å². The maximum Gasteiger partial charge on any atom is 0.260 e. The van der Waals surface area contributed by atoms with Gasteiger partial charge >= 0.3 is 0 Å². The van der Waals surface area contributed by atoms with Gasteiger partial charge in [0.2, 0.25) is 0 Å². The van der Waals surface area contributed by atoms with E-state index in [-0.39, 0.29) is 5.56 Å². The van der Waals surface area contributed by atoms with Gasteiger partial charge in [-0.1, -0.05) is 48.0 Å². The number of aromatic nitrogens is 2. The third-order valence-electron chi connectivity index (χ3n) is 5.99. The number of para-hydroxylation sites is 1. The first-order valence-electron chi connectivity index (χ1n) is 10.7. The van der Waals surface area contributed by atoms with Crippen molar-refractivity contribution in [1.29, 1.82) is 0 Å². The number of fused-ring (bicyclic) bond motifs is 1. The lowest BCUT2D eigenvalue weighted by Crippen LogP contribution is -2.46. The van der Waals surface area contributed by atoms with Crippen molar-refractivity contribution in [3.05, 3.63) is 81.2 Å². The van der Waals surface area contributed by atoms with Crippen molar-refractivity contribution >= 4 is 27.2 Å². The standard InChI is InChI=1S/C25H26N4OS/c1-17-8-10-19(11-9-17)22-18(2)31-25-23(22)24(30)26-21(27-25)16-28-12-14-29(15-13-28)20-6-4-3-5-7-20/h3-11H,12-16H2,1-2H3,(H,26,27,30). The van der Waals surface area contributed by atoms with Gasteiger partial charge in [-0.15, -0.1) is 11.3 Å². The summed E-state index contributed by atoms with van der Waals surface area (Å²) in [7, 11) is 0. The first-order valence-corrected chi connectivity index (χ1v) is 11.5. The van der Waals surface area contributed by atoms with Crippen molar-refractivity contribution in [1.82, 2.24) is 14.9 Å². The molecule has 4 aromatic rings. The molecule has 3 heterocycles. The van der Waals surface area contributed by atoms with Crippen molar-refractivity contribution in [2.75, 3.05) is 31.1 Å². The minimum Gasteiger partial charge on any atom is -0.369 e. The lowest BCUT2D eigenvalue weighted by atomic mass is 10.0. The Hall–Kier alpha value is -2.96. The number of thiophene rings is 1. The highest BCUT2D eigenvalue weighted by molar-refractivity contribution is 7.19. The fourth-order valence-electron chi connectivity index (χ4n) is 4.32. The van der Waals surface area contributed by atoms with E-state index < -0.39 is 0 Å². The van der Waals surface area contributed by atoms with Crippen LogP contribution in [0.3, 0.4) is 0 Å². The number of nitrogens with one attached hydrogen (secondary N) is 1. The Bertz CT molecular complexity index is 1250. The normalized spacial score (nSPS) is 15.0. The van der Waals surface area contributed by atoms with Gasteiger partial charge in [0.1, 0.15) is 10.7 Å². The minimum atomic E-state index is -0.0390. The van der Waals surface area contributed by atoms with E-state index in [0.29, 0.717) is 11.9 Å². The van der Waals surface area contributed by atoms with E-state index in [0.717, 1.165) is 52.8 Å². The lowest BCUT2D eigenvalue weighted by molar-refractivity contribution is 0.244. The molecule has 0 amide bonds. The second kappa shape index (κ2) is 8.29. The summed E-state index contributed by atoms with van der Waals surface area (Å²) in [5.74, 6) is 0.752. The molecule has 1 aliphatic heterocycles. The Morgan fingerprint density at radius 2 is 1.68 bits per heavy atom. The summed E-state index contributed by atoms with van der Waals surface area (Å²) >= 11 is 1.61. The number of hydrogen-bond donors (Lipinski definition) is 1. The molecule has 2 aromatic heterocycles. The summed E-state index contributed by atoms with van der Waals surface area (Å²) in [6.45, 7) is 8.68. The van der Waals surface area contributed by atoms with Crippen LogP contribution in [0.4, 0.5) is 5.69 Å². The van der Waals surface area contributed by atoms with Crippen LogP contribution in [0.15, 0.2) is 59.4 Å². The maximum atomic E-state index is 13.0. The van der Waals surface area contributed by atoms with Gasteiger partial charge in [-0.3, -0.25) is 9.69 Å². The maximum absolute atomic E-state index is 13.0. The van der Waals surface area contributed by atoms with E-state index >= 15 is 0 Å². The molecule has 0 bridgehead atoms. The molecule has 5 nitrogen and oxygen atoms in total. The molecule has 0 aliphatic carbocycles. The average molecular weight is 431 g/mol. The highest BCUT2D eigenvalue weighted by atomic mass is 32.1. The van der Waals surface area contributed by atoms with E-state index in [1.54, 1.807) is 11.3 Å². The van der Waals surface area contributed by atoms with E-state index in [4.69, 9.17) is 4.98 Å². The number of benzene rings is 2. The molecule has 5 rings (SSSR count). The number of rotatable bonds is 4. The highest BCUT2D eigenvalue weighted by Gasteiger charge is 2.20. The largest absolute Gasteiger partial charge is 0.369 e. The average Bonchev–Trinajstić information content (AvgIpc) is 3.12. The smallest absolute Gasteiger partial charge is 0.260 e. The molecular weight excluding hydrogens is 404 g/mol. The van der Waals surface area contributed by atoms with E-state index in [9.17, 15) is 4.79 Å². The second-order valence-electron chi connectivity index (χ2n) is 8.19. The number of H-pyrrole nitrogens is 1. The van der Waals surface area contributed by atoms with Gasteiger partial charge in [0, 0.05) is 42.3 Å². The fourth-order valence-corrected chi connectivity index (χ4v) is 5.39. The summed E-state index contributed by atoms with van der Waals surface area (Å²) in [5, 5.41) is 0.712. The molecule has 0 saturated carbocycles. The first kappa shape index (κ1) is 20.0. The monoisotopic (exact) mass is 430 g/mol. The van der Waals surface area contributed by atoms with Gasteiger partial charge in [0.25, 0.3) is 5.56 Å². The van der Waals surface area contributed by atoms with Gasteiger partial charge in [-0.25, -0.2) is 4.98 Å². The predicted molar refractivity (Wildman–Crippen MR) is 129 cm³/mol. The molecule has 6 heteroatoms. The van der Waals surface area contributed by atoms with Crippen LogP contribution in [-0.2, 0) is 6.54 Å². The van der Waals surface area contributed by atoms with Crippen LogP contribution < -0.4 is 10.5 Å². The molecule has 158 valence electrons. The Morgan fingerprint density at radius 1 is 0.968 bits per heavy atom. The number of aromatic amines is 1. The summed E-state index contributed by atoms with van der Waals surface area (Å²) in [6, 6.07) is 18.9. The van der Waals surface area contributed by atoms with Gasteiger partial charge in [-0.2, -0.15) is 0 Å². The molecule has 1 aliphatic rings. The Morgan fingerprint density at radius 3 is 2.39 bits per heavy atom.